The molecule has 1 rings (SSSR count). The van der Waals surface area contributed by atoms with E-state index in [-0.39, 0.29) is 50.1 Å². The summed E-state index contributed by atoms with van der Waals surface area (Å²) in [6.07, 6.45) is 33.4. The van der Waals surface area contributed by atoms with E-state index in [1.54, 1.807) is 6.08 Å². The molecule has 0 aromatic carbocycles. The van der Waals surface area contributed by atoms with Gasteiger partial charge in [0.05, 0.1) is 40.0 Å². The fourth-order valence-corrected chi connectivity index (χ4v) is 7.72. The lowest BCUT2D eigenvalue weighted by molar-refractivity contribution is -0.870. The number of quaternary nitrogens is 1. The molecule has 0 bridgehead atoms. The van der Waals surface area contributed by atoms with Crippen LogP contribution in [0, 0.1) is 11.8 Å². The monoisotopic (exact) mass is 883 g/mol. The zero-order valence-corrected chi connectivity index (χ0v) is 39.5. The SMILES string of the molecule is CCCCC/C=C\C/C=C\C/C=C\CCCCCCC(=O)OC[C@H](COP(=O)(O)OCC[N+](C)(C)C)OC(=O)CCCCCC[C@H]1C(=O)C[C@@H](O)[C@@H]1/C=C/[C@@H](O)CCCCC. The minimum absolute atomic E-state index is 0.0171. The van der Waals surface area contributed by atoms with Crippen LogP contribution in [0.1, 0.15) is 162 Å². The molecule has 3 N–H and O–H groups in total. The Hall–Kier alpha value is -2.44. The molecule has 12 nitrogen and oxygen atoms in total. The highest BCUT2D eigenvalue weighted by Gasteiger charge is 2.39. The summed E-state index contributed by atoms with van der Waals surface area (Å²) >= 11 is 0. The van der Waals surface area contributed by atoms with E-state index < -0.39 is 44.7 Å². The van der Waals surface area contributed by atoms with Gasteiger partial charge in [0.2, 0.25) is 0 Å². The maximum Gasteiger partial charge on any atom is 0.472 e. The number of ether oxygens (including phenoxy) is 2. The van der Waals surface area contributed by atoms with Gasteiger partial charge < -0.3 is 29.1 Å². The van der Waals surface area contributed by atoms with Gasteiger partial charge in [-0.25, -0.2) is 4.57 Å². The number of nitrogens with zero attached hydrogens (tertiary/aromatic N) is 1. The van der Waals surface area contributed by atoms with Gasteiger partial charge in [0.15, 0.2) is 6.10 Å². The second-order valence-electron chi connectivity index (χ2n) is 17.6. The summed E-state index contributed by atoms with van der Waals surface area (Å²) < 4.78 is 34.3. The van der Waals surface area contributed by atoms with Gasteiger partial charge in [-0.1, -0.05) is 127 Å². The van der Waals surface area contributed by atoms with Crippen molar-refractivity contribution in [3.05, 3.63) is 48.6 Å². The molecular weight excluding hydrogens is 797 g/mol. The summed E-state index contributed by atoms with van der Waals surface area (Å²) in [6.45, 7) is 3.98. The summed E-state index contributed by atoms with van der Waals surface area (Å²) in [4.78, 5) is 48.3. The van der Waals surface area contributed by atoms with Crippen LogP contribution in [0.4, 0.5) is 0 Å². The van der Waals surface area contributed by atoms with Crippen molar-refractivity contribution in [2.75, 3.05) is 47.5 Å². The Morgan fingerprint density at radius 2 is 1.34 bits per heavy atom. The van der Waals surface area contributed by atoms with Gasteiger partial charge in [-0.05, 0) is 64.2 Å². The van der Waals surface area contributed by atoms with Gasteiger partial charge in [-0.2, -0.15) is 0 Å². The molecule has 0 aliphatic heterocycles. The van der Waals surface area contributed by atoms with Crippen LogP contribution >= 0.6 is 7.82 Å². The van der Waals surface area contributed by atoms with Crippen LogP contribution in [0.2, 0.25) is 0 Å². The Kier molecular flexibility index (Phi) is 32.4. The summed E-state index contributed by atoms with van der Waals surface area (Å²) in [5.41, 5.74) is 0. The Bertz CT molecular complexity index is 1340. The molecule has 1 fully saturated rings. The number of carbonyl (C=O) groups excluding carboxylic acids is 3. The normalized spacial score (nSPS) is 19.4. The van der Waals surface area contributed by atoms with Gasteiger partial charge in [0.1, 0.15) is 25.5 Å². The van der Waals surface area contributed by atoms with E-state index in [4.69, 9.17) is 18.5 Å². The number of aliphatic hydroxyl groups excluding tert-OH is 2. The first-order valence-corrected chi connectivity index (χ1v) is 25.0. The third-order valence-corrected chi connectivity index (χ3v) is 11.7. The number of Topliss-reactive ketones (excluding diaryl/α,β-unsaturated/α-hetero) is 1. The first-order valence-electron chi connectivity index (χ1n) is 23.5. The number of likely N-dealkylation sites (N-methyl/N-ethyl adjacent to an activating group) is 1. The molecule has 1 aliphatic carbocycles. The molecule has 1 unspecified atom stereocenters. The van der Waals surface area contributed by atoms with E-state index in [0.717, 1.165) is 70.6 Å². The van der Waals surface area contributed by atoms with Crippen LogP contribution in [0.15, 0.2) is 48.6 Å². The number of aliphatic hydroxyl groups is 2. The molecule has 0 spiro atoms. The van der Waals surface area contributed by atoms with Crippen molar-refractivity contribution < 1.29 is 57.1 Å². The third kappa shape index (κ3) is 32.0. The van der Waals surface area contributed by atoms with E-state index in [0.29, 0.717) is 43.1 Å². The smallest absolute Gasteiger partial charge is 0.462 e. The van der Waals surface area contributed by atoms with E-state index in [1.165, 1.54) is 25.7 Å². The number of esters is 2. The lowest BCUT2D eigenvalue weighted by Crippen LogP contribution is -2.37. The van der Waals surface area contributed by atoms with E-state index >= 15 is 0 Å². The van der Waals surface area contributed by atoms with Crippen molar-refractivity contribution >= 4 is 25.5 Å². The van der Waals surface area contributed by atoms with E-state index in [9.17, 15) is 34.1 Å². The summed E-state index contributed by atoms with van der Waals surface area (Å²) in [5.74, 6) is -1.54. The molecule has 61 heavy (non-hydrogen) atoms. The summed E-state index contributed by atoms with van der Waals surface area (Å²) in [5, 5.41) is 20.8. The lowest BCUT2D eigenvalue weighted by atomic mass is 9.88. The average molecular weight is 883 g/mol. The van der Waals surface area contributed by atoms with Crippen LogP contribution in [0.25, 0.3) is 0 Å². The lowest BCUT2D eigenvalue weighted by Gasteiger charge is -2.24. The zero-order valence-electron chi connectivity index (χ0n) is 38.6. The molecule has 0 aromatic heterocycles. The van der Waals surface area contributed by atoms with Crippen LogP contribution in [0.3, 0.4) is 0 Å². The molecule has 0 aromatic rings. The molecule has 1 aliphatic rings. The molecular formula is C48H85NO11P+. The number of hydrogen-bond acceptors (Lipinski definition) is 10. The molecule has 0 saturated heterocycles. The Labute approximate surface area is 369 Å². The Balaban J connectivity index is 2.47. The number of unbranched alkanes of at least 4 members (excludes halogenated alkanes) is 12. The largest absolute Gasteiger partial charge is 0.472 e. The van der Waals surface area contributed by atoms with Gasteiger partial charge in [-0.3, -0.25) is 23.4 Å². The van der Waals surface area contributed by atoms with Crippen molar-refractivity contribution in [2.45, 2.75) is 180 Å². The first-order chi connectivity index (χ1) is 29.2. The third-order valence-electron chi connectivity index (χ3n) is 10.7. The highest BCUT2D eigenvalue weighted by molar-refractivity contribution is 7.47. The van der Waals surface area contributed by atoms with E-state index in [1.807, 2.05) is 27.2 Å². The average Bonchev–Trinajstić information content (AvgIpc) is 3.47. The van der Waals surface area contributed by atoms with Crippen molar-refractivity contribution in [1.29, 1.82) is 0 Å². The second-order valence-corrected chi connectivity index (χ2v) is 19.0. The maximum absolute atomic E-state index is 12.8. The summed E-state index contributed by atoms with van der Waals surface area (Å²) in [7, 11) is 1.31. The highest BCUT2D eigenvalue weighted by atomic mass is 31.2. The fourth-order valence-electron chi connectivity index (χ4n) is 6.97. The zero-order chi connectivity index (χ0) is 45.2. The molecule has 0 radical (unpaired) electrons. The van der Waals surface area contributed by atoms with Crippen molar-refractivity contribution in [2.24, 2.45) is 11.8 Å². The molecule has 6 atom stereocenters. The van der Waals surface area contributed by atoms with Crippen molar-refractivity contribution in [3.63, 3.8) is 0 Å². The Morgan fingerprint density at radius 1 is 0.770 bits per heavy atom. The number of phosphoric ester groups is 1. The molecule has 1 saturated carbocycles. The standard InChI is InChI=1S/C48H84NO11P/c1-6-8-10-11-12-13-14-15-16-17-18-19-20-21-22-23-28-32-47(53)57-39-42(40-59-61(55,56)58-37-36-49(3,4)5)60-48(54)33-29-25-24-27-31-43-44(46(52)38-45(43)51)35-34-41(50)30-26-9-7-2/h12-13,15-16,18-19,34-35,41-44,46,50,52H,6-11,14,17,20-33,36-40H2,1-5H3/p+1/b13-12-,16-15-,19-18-,35-34+/t41-,42+,43+,44+,46+/m0/s1. The van der Waals surface area contributed by atoms with E-state index in [2.05, 4.69) is 50.3 Å². The molecule has 352 valence electrons. The molecule has 0 heterocycles. The van der Waals surface area contributed by atoms with Gasteiger partial charge in [0, 0.05) is 31.1 Å². The van der Waals surface area contributed by atoms with Crippen molar-refractivity contribution in [3.8, 4) is 0 Å². The number of ketones is 1. The number of allylic oxidation sites excluding steroid dienone is 6. The second kappa shape index (κ2) is 35.0. The predicted molar refractivity (Wildman–Crippen MR) is 244 cm³/mol. The first kappa shape index (κ1) is 56.6. The quantitative estimate of drug-likeness (QED) is 0.0178. The number of rotatable bonds is 38. The fraction of sp³-hybridized carbons (Fsp3) is 0.771. The Morgan fingerprint density at radius 3 is 1.98 bits per heavy atom. The van der Waals surface area contributed by atoms with Crippen molar-refractivity contribution in [1.82, 2.24) is 0 Å². The topological polar surface area (TPSA) is 166 Å². The van der Waals surface area contributed by atoms with Gasteiger partial charge in [0.25, 0.3) is 0 Å². The molecule has 13 heteroatoms. The van der Waals surface area contributed by atoms with Gasteiger partial charge >= 0.3 is 19.8 Å². The minimum atomic E-state index is -4.45. The number of phosphoric acid groups is 1. The summed E-state index contributed by atoms with van der Waals surface area (Å²) in [6, 6.07) is 0. The molecule has 0 amide bonds. The van der Waals surface area contributed by atoms with Gasteiger partial charge in [-0.15, -0.1) is 0 Å². The predicted octanol–water partition coefficient (Wildman–Crippen LogP) is 10.1. The van der Waals surface area contributed by atoms with Crippen LogP contribution in [-0.2, 0) is 37.5 Å². The number of carbonyl (C=O) groups is 3. The maximum atomic E-state index is 12.8. The van der Waals surface area contributed by atoms with Crippen LogP contribution in [-0.4, -0.2) is 103 Å². The van der Waals surface area contributed by atoms with Crippen LogP contribution in [0.5, 0.6) is 0 Å². The highest BCUT2D eigenvalue weighted by Crippen LogP contribution is 2.43. The number of hydrogen-bond donors (Lipinski definition) is 3. The van der Waals surface area contributed by atoms with Crippen LogP contribution < -0.4 is 0 Å². The minimum Gasteiger partial charge on any atom is -0.462 e.